The van der Waals surface area contributed by atoms with Gasteiger partial charge in [0.05, 0.1) is 16.6 Å². The lowest BCUT2D eigenvalue weighted by molar-refractivity contribution is 0.449. The Morgan fingerprint density at radius 1 is 0.453 bits per heavy atom. The second-order valence-electron chi connectivity index (χ2n) is 22.6. The molecule has 3 unspecified atom stereocenters. The van der Waals surface area contributed by atoms with Crippen LogP contribution in [0.1, 0.15) is 170 Å². The molecular formula is C72H81N3. The molecule has 0 saturated carbocycles. The van der Waals surface area contributed by atoms with Crippen molar-refractivity contribution in [2.45, 2.75) is 156 Å². The Morgan fingerprint density at radius 2 is 1.03 bits per heavy atom. The van der Waals surface area contributed by atoms with Crippen molar-refractivity contribution in [1.82, 2.24) is 14.1 Å². The van der Waals surface area contributed by atoms with Gasteiger partial charge in [0, 0.05) is 45.0 Å². The molecule has 4 atom stereocenters. The summed E-state index contributed by atoms with van der Waals surface area (Å²) in [6.07, 6.45) is 21.8. The molecule has 1 aliphatic carbocycles. The summed E-state index contributed by atoms with van der Waals surface area (Å²) in [5.41, 5.74) is 21.5. The minimum absolute atomic E-state index is 0.354. The topological polar surface area (TPSA) is 25.6 Å². The molecule has 0 amide bonds. The van der Waals surface area contributed by atoms with Crippen LogP contribution in [0.4, 0.5) is 0 Å². The third-order valence-electron chi connectivity index (χ3n) is 17.8. The minimum atomic E-state index is 0.354. The largest absolute Gasteiger partial charge is 0.347 e. The first kappa shape index (κ1) is 50.6. The lowest BCUT2D eigenvalue weighted by Crippen LogP contribution is -2.03. The third kappa shape index (κ3) is 10.1. The van der Waals surface area contributed by atoms with E-state index in [2.05, 4.69) is 214 Å². The summed E-state index contributed by atoms with van der Waals surface area (Å²) in [7, 11) is 0. The van der Waals surface area contributed by atoms with Gasteiger partial charge in [0.1, 0.15) is 5.65 Å². The maximum Gasteiger partial charge on any atom is 0.123 e. The fourth-order valence-corrected chi connectivity index (χ4v) is 13.4. The quantitative estimate of drug-likeness (QED) is 0.0661. The average molecular weight is 988 g/mol. The van der Waals surface area contributed by atoms with Gasteiger partial charge in [-0.05, 0) is 179 Å². The molecule has 3 heterocycles. The molecule has 3 heteroatoms. The highest BCUT2D eigenvalue weighted by Gasteiger charge is 2.29. The van der Waals surface area contributed by atoms with Crippen LogP contribution in [0.3, 0.4) is 0 Å². The van der Waals surface area contributed by atoms with E-state index in [9.17, 15) is 0 Å². The van der Waals surface area contributed by atoms with Crippen LogP contribution in [-0.2, 0) is 19.3 Å². The van der Waals surface area contributed by atoms with E-state index in [1.54, 1.807) is 0 Å². The molecule has 0 saturated heterocycles. The highest BCUT2D eigenvalue weighted by atomic mass is 15.0. The Hall–Kier alpha value is -6.58. The first-order chi connectivity index (χ1) is 36.9. The molecule has 3 aromatic heterocycles. The van der Waals surface area contributed by atoms with E-state index in [4.69, 9.17) is 0 Å². The SMILES string of the molecule is CCCCC(CC)Cc1ccc2c(c1)c1cc(CC(CC)CCCC)ccc1n2-c1ccc2c(c1)-c1ccccc1[C@H]2CCc1ccc(-c2ccc3c(c2)c2cc[nH]c2n3-c2ccc(C(CC)CCCC)cc2)cc1. The Labute approximate surface area is 448 Å². The zero-order valence-electron chi connectivity index (χ0n) is 46.0. The number of unbranched alkanes of at least 4 members (excludes halogenated alkanes) is 3. The van der Waals surface area contributed by atoms with Crippen LogP contribution in [0.15, 0.2) is 158 Å². The number of aryl methyl sites for hydroxylation is 1. The van der Waals surface area contributed by atoms with Gasteiger partial charge in [0.25, 0.3) is 0 Å². The van der Waals surface area contributed by atoms with Crippen LogP contribution < -0.4 is 0 Å². The van der Waals surface area contributed by atoms with E-state index in [0.29, 0.717) is 11.8 Å². The first-order valence-corrected chi connectivity index (χ1v) is 29.5. The summed E-state index contributed by atoms with van der Waals surface area (Å²) in [4.78, 5) is 3.58. The van der Waals surface area contributed by atoms with Crippen molar-refractivity contribution in [3.8, 4) is 33.6 Å². The van der Waals surface area contributed by atoms with E-state index in [1.165, 1.54) is 182 Å². The van der Waals surface area contributed by atoms with Gasteiger partial charge in [0.2, 0.25) is 0 Å². The van der Waals surface area contributed by atoms with Gasteiger partial charge in [0.15, 0.2) is 0 Å². The molecule has 11 rings (SSSR count). The van der Waals surface area contributed by atoms with Crippen LogP contribution in [0.2, 0.25) is 0 Å². The molecule has 384 valence electrons. The van der Waals surface area contributed by atoms with Crippen molar-refractivity contribution < 1.29 is 0 Å². The predicted molar refractivity (Wildman–Crippen MR) is 324 cm³/mol. The standard InChI is InChI=1S/C72H81N3/c1-7-13-18-49(10-4)43-52-26-38-69-66(45-52)67-46-53(44-50(11-5)19-14-8-2)27-39-70(67)74(69)59-35-37-63-62(60-21-16-17-22-61(60)65(63)48-59)36-25-51-23-28-56(29-24-51)57-32-40-71-68(47-57)64-41-42-73-72(64)75(71)58-33-30-55(31-34-58)54(12-6)20-15-9-3/h16-17,21-24,26-35,37-42,45-50,54,62,73H,7-15,18-20,25,36,43-44H2,1-6H3/t49?,50?,54?,62-/m1/s1. The number of rotatable bonds is 23. The second-order valence-corrected chi connectivity index (χ2v) is 22.6. The van der Waals surface area contributed by atoms with Crippen LogP contribution in [-0.4, -0.2) is 14.1 Å². The molecule has 0 radical (unpaired) electrons. The molecule has 0 spiro atoms. The van der Waals surface area contributed by atoms with Gasteiger partial charge in [-0.1, -0.05) is 191 Å². The van der Waals surface area contributed by atoms with E-state index < -0.39 is 0 Å². The lowest BCUT2D eigenvalue weighted by Gasteiger charge is -2.16. The van der Waals surface area contributed by atoms with E-state index >= 15 is 0 Å². The highest BCUT2D eigenvalue weighted by molar-refractivity contribution is 6.11. The van der Waals surface area contributed by atoms with E-state index in [-0.39, 0.29) is 0 Å². The van der Waals surface area contributed by atoms with Crippen LogP contribution in [0, 0.1) is 11.8 Å². The van der Waals surface area contributed by atoms with Crippen molar-refractivity contribution in [2.75, 3.05) is 0 Å². The number of fused-ring (bicyclic) bond motifs is 9. The minimum Gasteiger partial charge on any atom is -0.347 e. The zero-order chi connectivity index (χ0) is 51.4. The molecule has 1 N–H and O–H groups in total. The maximum absolute atomic E-state index is 3.58. The number of H-pyrrole nitrogens is 1. The Bertz CT molecular complexity index is 3460. The summed E-state index contributed by atoms with van der Waals surface area (Å²) >= 11 is 0. The summed E-state index contributed by atoms with van der Waals surface area (Å²) in [6, 6.07) is 59.5. The van der Waals surface area contributed by atoms with Gasteiger partial charge in [-0.3, -0.25) is 4.57 Å². The summed E-state index contributed by atoms with van der Waals surface area (Å²) in [6.45, 7) is 14.0. The normalized spacial score (nSPS) is 14.6. The fourth-order valence-electron chi connectivity index (χ4n) is 13.4. The Kier molecular flexibility index (Phi) is 15.3. The highest BCUT2D eigenvalue weighted by Crippen LogP contribution is 2.48. The van der Waals surface area contributed by atoms with Crippen molar-refractivity contribution in [3.63, 3.8) is 0 Å². The second kappa shape index (κ2) is 22.7. The number of benzene rings is 7. The molecule has 10 aromatic rings. The molecule has 7 aromatic carbocycles. The number of hydrogen-bond donors (Lipinski definition) is 1. The fraction of sp³-hybridized carbons (Fsp3) is 0.361. The molecule has 0 bridgehead atoms. The molecular weight excluding hydrogens is 907 g/mol. The lowest BCUT2D eigenvalue weighted by atomic mass is 9.90. The van der Waals surface area contributed by atoms with Crippen molar-refractivity contribution in [1.29, 1.82) is 0 Å². The van der Waals surface area contributed by atoms with Crippen molar-refractivity contribution in [2.24, 2.45) is 11.8 Å². The first-order valence-electron chi connectivity index (χ1n) is 29.5. The number of nitrogens with one attached hydrogen (secondary N) is 1. The average Bonchev–Trinajstić information content (AvgIpc) is 4.22. The number of nitrogens with zero attached hydrogens (tertiary/aromatic N) is 2. The van der Waals surface area contributed by atoms with Crippen LogP contribution >= 0.6 is 0 Å². The van der Waals surface area contributed by atoms with Gasteiger partial charge < -0.3 is 9.55 Å². The van der Waals surface area contributed by atoms with Gasteiger partial charge >= 0.3 is 0 Å². The Balaban J connectivity index is 0.859. The molecule has 1 aliphatic rings. The summed E-state index contributed by atoms with van der Waals surface area (Å²) in [5, 5.41) is 5.35. The third-order valence-corrected chi connectivity index (χ3v) is 17.8. The summed E-state index contributed by atoms with van der Waals surface area (Å²) in [5.74, 6) is 2.45. The van der Waals surface area contributed by atoms with Gasteiger partial charge in [-0.2, -0.15) is 0 Å². The van der Waals surface area contributed by atoms with Gasteiger partial charge in [-0.25, -0.2) is 0 Å². The maximum atomic E-state index is 3.58. The van der Waals surface area contributed by atoms with Crippen LogP contribution in [0.25, 0.3) is 77.4 Å². The summed E-state index contributed by atoms with van der Waals surface area (Å²) < 4.78 is 4.97. The Morgan fingerprint density at radius 3 is 1.68 bits per heavy atom. The van der Waals surface area contributed by atoms with Crippen molar-refractivity contribution in [3.05, 3.63) is 191 Å². The predicted octanol–water partition coefficient (Wildman–Crippen LogP) is 20.8. The number of aromatic nitrogens is 3. The van der Waals surface area contributed by atoms with Crippen molar-refractivity contribution >= 4 is 43.7 Å². The number of aromatic amines is 1. The van der Waals surface area contributed by atoms with E-state index in [0.717, 1.165) is 43.2 Å². The molecule has 3 nitrogen and oxygen atoms in total. The van der Waals surface area contributed by atoms with Gasteiger partial charge in [-0.15, -0.1) is 0 Å². The van der Waals surface area contributed by atoms with Crippen LogP contribution in [0.5, 0.6) is 0 Å². The molecule has 75 heavy (non-hydrogen) atoms. The monoisotopic (exact) mass is 988 g/mol. The molecule has 0 fully saturated rings. The van der Waals surface area contributed by atoms with E-state index in [1.807, 2.05) is 0 Å². The molecule has 0 aliphatic heterocycles. The zero-order valence-corrected chi connectivity index (χ0v) is 46.0. The smallest absolute Gasteiger partial charge is 0.123 e. The number of hydrogen-bond acceptors (Lipinski definition) is 0.